The Hall–Kier alpha value is -2.94. The maximum atomic E-state index is 13.2. The number of benzene rings is 1. The van der Waals surface area contributed by atoms with Crippen molar-refractivity contribution in [1.82, 2.24) is 9.97 Å². The molecule has 0 spiro atoms. The van der Waals surface area contributed by atoms with Gasteiger partial charge in [0.1, 0.15) is 5.01 Å². The van der Waals surface area contributed by atoms with Crippen molar-refractivity contribution in [3.8, 4) is 10.7 Å². The van der Waals surface area contributed by atoms with Crippen molar-refractivity contribution in [2.45, 2.75) is 31.9 Å². The minimum atomic E-state index is -4.48. The number of nitrogens with one attached hydrogen (secondary N) is 1. The van der Waals surface area contributed by atoms with Crippen molar-refractivity contribution in [2.24, 2.45) is 0 Å². The smallest absolute Gasteiger partial charge is 0.370 e. The van der Waals surface area contributed by atoms with Crippen LogP contribution in [0.3, 0.4) is 0 Å². The first-order valence-corrected chi connectivity index (χ1v) is 10.9. The second-order valence-electron chi connectivity index (χ2n) is 7.36. The Morgan fingerprint density at radius 2 is 1.94 bits per heavy atom. The van der Waals surface area contributed by atoms with E-state index in [2.05, 4.69) is 15.3 Å². The summed E-state index contributed by atoms with van der Waals surface area (Å²) in [6.45, 7) is 1.52. The maximum absolute atomic E-state index is 13.2. The van der Waals surface area contributed by atoms with Crippen LogP contribution in [0.1, 0.15) is 30.5 Å². The molecule has 2 aromatic heterocycles. The van der Waals surface area contributed by atoms with Crippen LogP contribution in [0.15, 0.2) is 48.0 Å². The fourth-order valence-electron chi connectivity index (χ4n) is 3.58. The van der Waals surface area contributed by atoms with Crippen LogP contribution in [-0.2, 0) is 17.4 Å². The van der Waals surface area contributed by atoms with Gasteiger partial charge in [-0.25, -0.2) is 4.98 Å². The molecule has 1 saturated heterocycles. The van der Waals surface area contributed by atoms with Gasteiger partial charge in [0.05, 0.1) is 34.7 Å². The van der Waals surface area contributed by atoms with E-state index in [4.69, 9.17) is 0 Å². The van der Waals surface area contributed by atoms with Crippen LogP contribution in [0.4, 0.5) is 24.5 Å². The van der Waals surface area contributed by atoms with Gasteiger partial charge in [0.15, 0.2) is 0 Å². The standard InChI is InChI=1S/C22H21F3N4OS/c23-22(24,25)15-7-8-19(29-10-4-1-5-11-29)18(12-15)28-20(30)13-16-14-31-21(27-16)17-6-2-3-9-26-17/h2-3,6-9,12,14H,1,4-5,10-11,13H2,(H,28,30). The van der Waals surface area contributed by atoms with E-state index >= 15 is 0 Å². The van der Waals surface area contributed by atoms with E-state index < -0.39 is 17.6 Å². The van der Waals surface area contributed by atoms with Crippen molar-refractivity contribution < 1.29 is 18.0 Å². The number of rotatable bonds is 5. The van der Waals surface area contributed by atoms with Gasteiger partial charge in [0, 0.05) is 24.7 Å². The van der Waals surface area contributed by atoms with Crippen LogP contribution in [0.2, 0.25) is 0 Å². The van der Waals surface area contributed by atoms with Crippen molar-refractivity contribution in [1.29, 1.82) is 0 Å². The molecule has 31 heavy (non-hydrogen) atoms. The van der Waals surface area contributed by atoms with E-state index in [1.165, 1.54) is 17.4 Å². The summed E-state index contributed by atoms with van der Waals surface area (Å²) in [6, 6.07) is 9.02. The molecule has 162 valence electrons. The summed E-state index contributed by atoms with van der Waals surface area (Å²) in [4.78, 5) is 23.4. The monoisotopic (exact) mass is 446 g/mol. The second-order valence-corrected chi connectivity index (χ2v) is 8.22. The number of anilines is 2. The van der Waals surface area contributed by atoms with Gasteiger partial charge < -0.3 is 10.2 Å². The summed E-state index contributed by atoms with van der Waals surface area (Å²) >= 11 is 1.37. The lowest BCUT2D eigenvalue weighted by atomic mass is 10.1. The van der Waals surface area contributed by atoms with E-state index in [-0.39, 0.29) is 12.1 Å². The minimum Gasteiger partial charge on any atom is -0.370 e. The summed E-state index contributed by atoms with van der Waals surface area (Å²) in [5.74, 6) is -0.407. The van der Waals surface area contributed by atoms with Crippen molar-refractivity contribution in [3.63, 3.8) is 0 Å². The van der Waals surface area contributed by atoms with Crippen molar-refractivity contribution in [3.05, 3.63) is 59.2 Å². The third-order valence-electron chi connectivity index (χ3n) is 5.07. The lowest BCUT2D eigenvalue weighted by Crippen LogP contribution is -2.30. The SMILES string of the molecule is O=C(Cc1csc(-c2ccccn2)n1)Nc1cc(C(F)(F)F)ccc1N1CCCCC1. The number of amides is 1. The summed E-state index contributed by atoms with van der Waals surface area (Å²) < 4.78 is 39.7. The number of piperidine rings is 1. The third-order valence-corrected chi connectivity index (χ3v) is 5.99. The van der Waals surface area contributed by atoms with Crippen LogP contribution in [0.5, 0.6) is 0 Å². The van der Waals surface area contributed by atoms with Gasteiger partial charge in [-0.1, -0.05) is 6.07 Å². The van der Waals surface area contributed by atoms with Crippen LogP contribution in [0.25, 0.3) is 10.7 Å². The first kappa shape index (κ1) is 21.3. The minimum absolute atomic E-state index is 0.0288. The molecule has 9 heteroatoms. The van der Waals surface area contributed by atoms with E-state index in [9.17, 15) is 18.0 Å². The number of carbonyl (C=O) groups excluding carboxylic acids is 1. The third kappa shape index (κ3) is 5.22. The lowest BCUT2D eigenvalue weighted by molar-refractivity contribution is -0.137. The largest absolute Gasteiger partial charge is 0.416 e. The Morgan fingerprint density at radius 3 is 2.65 bits per heavy atom. The molecule has 0 atom stereocenters. The number of hydrogen-bond donors (Lipinski definition) is 1. The van der Waals surface area contributed by atoms with E-state index in [0.717, 1.165) is 44.5 Å². The number of halogens is 3. The number of hydrogen-bond acceptors (Lipinski definition) is 5. The molecule has 1 aliphatic rings. The van der Waals surface area contributed by atoms with Gasteiger partial charge in [0.25, 0.3) is 0 Å². The molecule has 1 aromatic carbocycles. The Kier molecular flexibility index (Phi) is 6.22. The Morgan fingerprint density at radius 1 is 1.13 bits per heavy atom. The molecule has 1 aliphatic heterocycles. The van der Waals surface area contributed by atoms with Gasteiger partial charge in [-0.05, 0) is 49.6 Å². The molecule has 1 fully saturated rings. The molecule has 4 rings (SSSR count). The fraction of sp³-hybridized carbons (Fsp3) is 0.318. The van der Waals surface area contributed by atoms with Gasteiger partial charge in [-0.15, -0.1) is 11.3 Å². The Balaban J connectivity index is 1.53. The molecule has 0 bridgehead atoms. The molecule has 0 aliphatic carbocycles. The van der Waals surface area contributed by atoms with Gasteiger partial charge in [-0.3, -0.25) is 9.78 Å². The zero-order valence-electron chi connectivity index (χ0n) is 16.7. The molecular weight excluding hydrogens is 425 g/mol. The van der Waals surface area contributed by atoms with E-state index in [1.807, 2.05) is 17.0 Å². The number of aromatic nitrogens is 2. The number of alkyl halides is 3. The molecular formula is C22H21F3N4OS. The van der Waals surface area contributed by atoms with E-state index in [0.29, 0.717) is 22.1 Å². The van der Waals surface area contributed by atoms with Crippen LogP contribution in [0, 0.1) is 0 Å². The predicted molar refractivity (Wildman–Crippen MR) is 115 cm³/mol. The van der Waals surface area contributed by atoms with Crippen LogP contribution >= 0.6 is 11.3 Å². The molecule has 3 aromatic rings. The lowest BCUT2D eigenvalue weighted by Gasteiger charge is -2.31. The average molecular weight is 446 g/mol. The summed E-state index contributed by atoms with van der Waals surface area (Å²) in [5.41, 5.74) is 1.28. The first-order valence-electron chi connectivity index (χ1n) is 10.0. The Labute approximate surface area is 182 Å². The van der Waals surface area contributed by atoms with E-state index in [1.54, 1.807) is 17.6 Å². The number of pyridine rings is 1. The summed E-state index contributed by atoms with van der Waals surface area (Å²) in [7, 11) is 0. The molecule has 1 N–H and O–H groups in total. The highest BCUT2D eigenvalue weighted by atomic mass is 32.1. The fourth-order valence-corrected chi connectivity index (χ4v) is 4.37. The zero-order chi connectivity index (χ0) is 21.8. The highest BCUT2D eigenvalue weighted by molar-refractivity contribution is 7.13. The van der Waals surface area contributed by atoms with Gasteiger partial charge in [-0.2, -0.15) is 13.2 Å². The molecule has 1 amide bonds. The Bertz CT molecular complexity index is 1050. The molecule has 0 saturated carbocycles. The van der Waals surface area contributed by atoms with Crippen LogP contribution < -0.4 is 10.2 Å². The van der Waals surface area contributed by atoms with Crippen molar-refractivity contribution in [2.75, 3.05) is 23.3 Å². The molecule has 0 unspecified atom stereocenters. The topological polar surface area (TPSA) is 58.1 Å². The normalized spacial score (nSPS) is 14.5. The highest BCUT2D eigenvalue weighted by Gasteiger charge is 2.32. The molecule has 3 heterocycles. The average Bonchev–Trinajstić information content (AvgIpc) is 3.22. The summed E-state index contributed by atoms with van der Waals surface area (Å²) in [6.07, 6.45) is 0.207. The summed E-state index contributed by atoms with van der Waals surface area (Å²) in [5, 5.41) is 5.14. The number of thiazole rings is 1. The zero-order valence-corrected chi connectivity index (χ0v) is 17.5. The number of nitrogens with zero attached hydrogens (tertiary/aromatic N) is 3. The quantitative estimate of drug-likeness (QED) is 0.571. The van der Waals surface area contributed by atoms with Gasteiger partial charge in [0.2, 0.25) is 5.91 Å². The molecule has 5 nitrogen and oxygen atoms in total. The van der Waals surface area contributed by atoms with Crippen molar-refractivity contribution >= 4 is 28.6 Å². The first-order chi connectivity index (χ1) is 14.9. The highest BCUT2D eigenvalue weighted by Crippen LogP contribution is 2.36. The predicted octanol–water partition coefficient (Wildman–Crippen LogP) is 5.40. The number of carbonyl (C=O) groups is 1. The maximum Gasteiger partial charge on any atom is 0.416 e. The second kappa shape index (κ2) is 9.05. The van der Waals surface area contributed by atoms with Crippen LogP contribution in [-0.4, -0.2) is 29.0 Å². The van der Waals surface area contributed by atoms with Gasteiger partial charge >= 0.3 is 6.18 Å². The molecule has 0 radical (unpaired) electrons.